The molecule has 0 aliphatic carbocycles. The third kappa shape index (κ3) is 5.71. The van der Waals surface area contributed by atoms with Gasteiger partial charge in [0.1, 0.15) is 0 Å². The molecule has 0 saturated carbocycles. The van der Waals surface area contributed by atoms with Gasteiger partial charge in [-0.25, -0.2) is 4.98 Å². The number of aliphatic hydroxyl groups is 1. The minimum Gasteiger partial charge on any atom is -0.481 e. The van der Waals surface area contributed by atoms with Crippen LogP contribution in [0.3, 0.4) is 0 Å². The molecule has 0 saturated heterocycles. The smallest absolute Gasteiger partial charge is 0.304 e. The maximum Gasteiger partial charge on any atom is 0.304 e. The quantitative estimate of drug-likeness (QED) is 0.609. The molecule has 8 heteroatoms. The van der Waals surface area contributed by atoms with Crippen molar-refractivity contribution in [2.75, 3.05) is 31.6 Å². The standard InChI is InChI=1S/C10H15N3O4S/c14-5-4-13(3-1-9(16)17)7-8(15)12-10-11-2-6-18-10/h2,6,14H,1,3-5,7H2,(H,16,17)(H,11,12,15). The van der Waals surface area contributed by atoms with Gasteiger partial charge in [0.2, 0.25) is 5.91 Å². The highest BCUT2D eigenvalue weighted by Crippen LogP contribution is 2.09. The van der Waals surface area contributed by atoms with Crippen molar-refractivity contribution in [3.63, 3.8) is 0 Å². The number of carbonyl (C=O) groups excluding carboxylic acids is 1. The van der Waals surface area contributed by atoms with Gasteiger partial charge in [-0.1, -0.05) is 0 Å². The zero-order valence-corrected chi connectivity index (χ0v) is 10.5. The summed E-state index contributed by atoms with van der Waals surface area (Å²) in [5.41, 5.74) is 0. The lowest BCUT2D eigenvalue weighted by atomic mass is 10.3. The van der Waals surface area contributed by atoms with Crippen molar-refractivity contribution < 1.29 is 19.8 Å². The molecule has 1 aromatic heterocycles. The lowest BCUT2D eigenvalue weighted by molar-refractivity contribution is -0.137. The number of amides is 1. The molecule has 18 heavy (non-hydrogen) atoms. The van der Waals surface area contributed by atoms with E-state index in [-0.39, 0.29) is 38.6 Å². The van der Waals surface area contributed by atoms with Crippen LogP contribution in [0, 0.1) is 0 Å². The van der Waals surface area contributed by atoms with E-state index in [1.165, 1.54) is 11.3 Å². The Kier molecular flexibility index (Phi) is 6.26. The van der Waals surface area contributed by atoms with Crippen LogP contribution in [0.15, 0.2) is 11.6 Å². The molecule has 1 rings (SSSR count). The van der Waals surface area contributed by atoms with E-state index in [4.69, 9.17) is 10.2 Å². The van der Waals surface area contributed by atoms with E-state index in [0.717, 1.165) is 0 Å². The van der Waals surface area contributed by atoms with Gasteiger partial charge in [-0.3, -0.25) is 14.5 Å². The van der Waals surface area contributed by atoms with Crippen LogP contribution in [0.1, 0.15) is 6.42 Å². The predicted octanol–water partition coefficient (Wildman–Crippen LogP) is -0.149. The number of nitrogens with one attached hydrogen (secondary N) is 1. The number of carbonyl (C=O) groups is 2. The molecule has 0 atom stereocenters. The van der Waals surface area contributed by atoms with E-state index in [1.807, 2.05) is 0 Å². The fourth-order valence-electron chi connectivity index (χ4n) is 1.31. The Morgan fingerprint density at radius 1 is 1.44 bits per heavy atom. The third-order valence-electron chi connectivity index (χ3n) is 2.10. The molecule has 3 N–H and O–H groups in total. The van der Waals surface area contributed by atoms with Crippen molar-refractivity contribution in [2.45, 2.75) is 6.42 Å². The summed E-state index contributed by atoms with van der Waals surface area (Å²) in [7, 11) is 0. The molecule has 0 aliphatic rings. The predicted molar refractivity (Wildman–Crippen MR) is 66.5 cm³/mol. The first-order valence-corrected chi connectivity index (χ1v) is 6.24. The normalized spacial score (nSPS) is 10.6. The molecule has 1 heterocycles. The topological polar surface area (TPSA) is 103 Å². The number of aromatic nitrogens is 1. The highest BCUT2D eigenvalue weighted by Gasteiger charge is 2.12. The third-order valence-corrected chi connectivity index (χ3v) is 2.79. The lowest BCUT2D eigenvalue weighted by Gasteiger charge is -2.19. The van der Waals surface area contributed by atoms with Crippen LogP contribution in [-0.4, -0.2) is 58.2 Å². The number of carboxylic acids is 1. The van der Waals surface area contributed by atoms with E-state index in [9.17, 15) is 9.59 Å². The Hall–Kier alpha value is -1.51. The van der Waals surface area contributed by atoms with E-state index < -0.39 is 5.97 Å². The first kappa shape index (κ1) is 14.6. The van der Waals surface area contributed by atoms with Gasteiger partial charge in [-0.2, -0.15) is 0 Å². The summed E-state index contributed by atoms with van der Waals surface area (Å²) in [6.07, 6.45) is 1.51. The first-order chi connectivity index (χ1) is 8.61. The molecule has 1 amide bonds. The summed E-state index contributed by atoms with van der Waals surface area (Å²) in [4.78, 5) is 27.6. The number of nitrogens with zero attached hydrogens (tertiary/aromatic N) is 2. The second-order valence-electron chi connectivity index (χ2n) is 3.53. The Bertz CT molecular complexity index is 382. The largest absolute Gasteiger partial charge is 0.481 e. The minimum absolute atomic E-state index is 0.0351. The van der Waals surface area contributed by atoms with Crippen LogP contribution in [0.5, 0.6) is 0 Å². The number of hydrogen-bond donors (Lipinski definition) is 3. The van der Waals surface area contributed by atoms with Gasteiger partial charge in [0.05, 0.1) is 19.6 Å². The van der Waals surface area contributed by atoms with Crippen LogP contribution in [0.4, 0.5) is 5.13 Å². The van der Waals surface area contributed by atoms with Crippen molar-refractivity contribution >= 4 is 28.3 Å². The maximum atomic E-state index is 11.6. The molecular weight excluding hydrogens is 258 g/mol. The Balaban J connectivity index is 2.39. The zero-order chi connectivity index (χ0) is 13.4. The van der Waals surface area contributed by atoms with Crippen LogP contribution >= 0.6 is 11.3 Å². The van der Waals surface area contributed by atoms with E-state index in [1.54, 1.807) is 16.5 Å². The number of aliphatic hydroxyl groups excluding tert-OH is 1. The molecule has 0 bridgehead atoms. The fourth-order valence-corrected chi connectivity index (χ4v) is 1.86. The summed E-state index contributed by atoms with van der Waals surface area (Å²) >= 11 is 1.30. The average molecular weight is 273 g/mol. The highest BCUT2D eigenvalue weighted by molar-refractivity contribution is 7.13. The average Bonchev–Trinajstić information content (AvgIpc) is 2.78. The molecule has 0 radical (unpaired) electrons. The molecule has 100 valence electrons. The van der Waals surface area contributed by atoms with E-state index in [0.29, 0.717) is 5.13 Å². The zero-order valence-electron chi connectivity index (χ0n) is 9.70. The second-order valence-corrected chi connectivity index (χ2v) is 4.42. The SMILES string of the molecule is O=C(O)CCN(CCO)CC(=O)Nc1nccs1. The van der Waals surface area contributed by atoms with Gasteiger partial charge in [0, 0.05) is 24.7 Å². The van der Waals surface area contributed by atoms with Crippen molar-refractivity contribution in [2.24, 2.45) is 0 Å². The number of rotatable bonds is 8. The Labute approximate surface area is 108 Å². The molecule has 0 spiro atoms. The van der Waals surface area contributed by atoms with Crippen LogP contribution in [-0.2, 0) is 9.59 Å². The Morgan fingerprint density at radius 3 is 2.78 bits per heavy atom. The first-order valence-electron chi connectivity index (χ1n) is 5.36. The molecular formula is C10H15N3O4S. The van der Waals surface area contributed by atoms with Gasteiger partial charge in [0.25, 0.3) is 0 Å². The number of hydrogen-bond acceptors (Lipinski definition) is 6. The minimum atomic E-state index is -0.932. The number of thiazole rings is 1. The van der Waals surface area contributed by atoms with Crippen molar-refractivity contribution in [1.82, 2.24) is 9.88 Å². The number of aliphatic carboxylic acids is 1. The van der Waals surface area contributed by atoms with E-state index >= 15 is 0 Å². The Morgan fingerprint density at radius 2 is 2.22 bits per heavy atom. The van der Waals surface area contributed by atoms with Crippen LogP contribution < -0.4 is 5.32 Å². The van der Waals surface area contributed by atoms with Crippen molar-refractivity contribution in [1.29, 1.82) is 0 Å². The monoisotopic (exact) mass is 273 g/mol. The van der Waals surface area contributed by atoms with Gasteiger partial charge < -0.3 is 15.5 Å². The number of anilines is 1. The van der Waals surface area contributed by atoms with Gasteiger partial charge in [0.15, 0.2) is 5.13 Å². The molecule has 0 unspecified atom stereocenters. The maximum absolute atomic E-state index is 11.6. The number of carboxylic acid groups (broad SMARTS) is 1. The molecule has 0 aromatic carbocycles. The lowest BCUT2D eigenvalue weighted by Crippen LogP contribution is -2.36. The molecule has 0 fully saturated rings. The molecule has 7 nitrogen and oxygen atoms in total. The second kappa shape index (κ2) is 7.75. The summed E-state index contributed by atoms with van der Waals surface area (Å²) < 4.78 is 0. The van der Waals surface area contributed by atoms with Crippen molar-refractivity contribution in [3.8, 4) is 0 Å². The van der Waals surface area contributed by atoms with Gasteiger partial charge in [-0.05, 0) is 0 Å². The van der Waals surface area contributed by atoms with Gasteiger partial charge >= 0.3 is 5.97 Å². The summed E-state index contributed by atoms with van der Waals surface area (Å²) in [6.45, 7) is 0.400. The van der Waals surface area contributed by atoms with Crippen LogP contribution in [0.25, 0.3) is 0 Å². The highest BCUT2D eigenvalue weighted by atomic mass is 32.1. The molecule has 1 aromatic rings. The summed E-state index contributed by atoms with van der Waals surface area (Å²) in [6, 6.07) is 0. The summed E-state index contributed by atoms with van der Waals surface area (Å²) in [5.74, 6) is -1.21. The van der Waals surface area contributed by atoms with Gasteiger partial charge in [-0.15, -0.1) is 11.3 Å². The van der Waals surface area contributed by atoms with E-state index in [2.05, 4.69) is 10.3 Å². The van der Waals surface area contributed by atoms with Crippen LogP contribution in [0.2, 0.25) is 0 Å². The summed E-state index contributed by atoms with van der Waals surface area (Å²) in [5, 5.41) is 22.3. The fraction of sp³-hybridized carbons (Fsp3) is 0.500. The van der Waals surface area contributed by atoms with Crippen molar-refractivity contribution in [3.05, 3.63) is 11.6 Å². The molecule has 0 aliphatic heterocycles.